The van der Waals surface area contributed by atoms with Gasteiger partial charge in [0.2, 0.25) is 5.91 Å². The van der Waals surface area contributed by atoms with Crippen LogP contribution in [-0.4, -0.2) is 33.6 Å². The number of halogens is 1. The second-order valence-corrected chi connectivity index (χ2v) is 6.69. The fourth-order valence-corrected chi connectivity index (χ4v) is 3.34. The molecule has 1 aromatic carbocycles. The minimum Gasteiger partial charge on any atom is -0.393 e. The summed E-state index contributed by atoms with van der Waals surface area (Å²) < 4.78 is 0. The highest BCUT2D eigenvalue weighted by molar-refractivity contribution is 6.31. The van der Waals surface area contributed by atoms with Crippen LogP contribution in [0.1, 0.15) is 37.9 Å². The molecule has 2 aromatic rings. The maximum atomic E-state index is 12.1. The van der Waals surface area contributed by atoms with Gasteiger partial charge in [0, 0.05) is 23.9 Å². The van der Waals surface area contributed by atoms with Crippen molar-refractivity contribution < 1.29 is 9.90 Å². The number of hydrogen-bond acceptors (Lipinski definition) is 3. The normalized spacial score (nSPS) is 21.5. The number of fused-ring (bicyclic) bond motifs is 1. The third-order valence-electron chi connectivity index (χ3n) is 4.40. The molecule has 0 saturated heterocycles. The van der Waals surface area contributed by atoms with Gasteiger partial charge in [-0.2, -0.15) is 0 Å². The van der Waals surface area contributed by atoms with Gasteiger partial charge in [-0.1, -0.05) is 18.0 Å². The van der Waals surface area contributed by atoms with Crippen LogP contribution in [0.15, 0.2) is 18.2 Å². The van der Waals surface area contributed by atoms with Crippen molar-refractivity contribution in [2.45, 2.75) is 44.6 Å². The lowest BCUT2D eigenvalue weighted by Gasteiger charge is -2.24. The average molecular weight is 336 g/mol. The zero-order valence-electron chi connectivity index (χ0n) is 13.0. The van der Waals surface area contributed by atoms with Gasteiger partial charge in [-0.25, -0.2) is 4.98 Å². The number of amides is 1. The molecule has 1 amide bonds. The van der Waals surface area contributed by atoms with E-state index in [1.807, 2.05) is 18.2 Å². The summed E-state index contributed by atoms with van der Waals surface area (Å²) in [4.78, 5) is 19.8. The summed E-state index contributed by atoms with van der Waals surface area (Å²) in [7, 11) is 0. The van der Waals surface area contributed by atoms with Gasteiger partial charge >= 0.3 is 0 Å². The Bertz CT molecular complexity index is 686. The Balaban J connectivity index is 1.44. The molecule has 0 bridgehead atoms. The van der Waals surface area contributed by atoms with E-state index in [9.17, 15) is 9.90 Å². The van der Waals surface area contributed by atoms with Crippen LogP contribution >= 0.6 is 11.6 Å². The van der Waals surface area contributed by atoms with Crippen LogP contribution in [0.25, 0.3) is 11.0 Å². The maximum Gasteiger partial charge on any atom is 0.223 e. The number of aliphatic hydroxyl groups excluding tert-OH is 1. The zero-order chi connectivity index (χ0) is 16.2. The van der Waals surface area contributed by atoms with E-state index in [0.717, 1.165) is 49.0 Å². The molecule has 2 atom stereocenters. The van der Waals surface area contributed by atoms with Gasteiger partial charge in [-0.15, -0.1) is 0 Å². The van der Waals surface area contributed by atoms with E-state index in [0.29, 0.717) is 18.0 Å². The van der Waals surface area contributed by atoms with Gasteiger partial charge in [0.1, 0.15) is 5.82 Å². The van der Waals surface area contributed by atoms with Crippen molar-refractivity contribution in [2.24, 2.45) is 5.92 Å². The van der Waals surface area contributed by atoms with Gasteiger partial charge in [0.15, 0.2) is 0 Å². The number of H-pyrrole nitrogens is 1. The van der Waals surface area contributed by atoms with E-state index in [-0.39, 0.29) is 17.9 Å². The van der Waals surface area contributed by atoms with Crippen molar-refractivity contribution >= 4 is 28.5 Å². The first kappa shape index (κ1) is 16.3. The molecule has 6 heteroatoms. The Labute approximate surface area is 140 Å². The van der Waals surface area contributed by atoms with E-state index >= 15 is 0 Å². The second kappa shape index (κ2) is 7.32. The van der Waals surface area contributed by atoms with Gasteiger partial charge in [0.05, 0.1) is 17.1 Å². The van der Waals surface area contributed by atoms with E-state index in [1.54, 1.807) is 0 Å². The fourth-order valence-electron chi connectivity index (χ4n) is 3.17. The summed E-state index contributed by atoms with van der Waals surface area (Å²) in [5.74, 6) is 0.942. The van der Waals surface area contributed by atoms with Crippen molar-refractivity contribution in [1.29, 1.82) is 0 Å². The second-order valence-electron chi connectivity index (χ2n) is 6.26. The molecule has 124 valence electrons. The van der Waals surface area contributed by atoms with Crippen LogP contribution in [0, 0.1) is 5.92 Å². The Morgan fingerprint density at radius 3 is 3.13 bits per heavy atom. The lowest BCUT2D eigenvalue weighted by Crippen LogP contribution is -2.35. The van der Waals surface area contributed by atoms with E-state index in [4.69, 9.17) is 11.6 Å². The molecule has 0 spiro atoms. The lowest BCUT2D eigenvalue weighted by atomic mass is 9.87. The molecule has 1 aliphatic rings. The Morgan fingerprint density at radius 1 is 1.43 bits per heavy atom. The number of benzene rings is 1. The third-order valence-corrected chi connectivity index (χ3v) is 4.63. The fraction of sp³-hybridized carbons (Fsp3) is 0.529. The first-order valence-corrected chi connectivity index (χ1v) is 8.59. The highest BCUT2D eigenvalue weighted by Crippen LogP contribution is 2.24. The maximum absolute atomic E-state index is 12.1. The van der Waals surface area contributed by atoms with Crippen molar-refractivity contribution in [3.63, 3.8) is 0 Å². The SMILES string of the molecule is O=C(NCCCc1nc2ccc(Cl)cc2[nH]1)[C@H]1CCC[C@H](O)C1. The number of aromatic amines is 1. The molecule has 1 aliphatic carbocycles. The average Bonchev–Trinajstić information content (AvgIpc) is 2.93. The topological polar surface area (TPSA) is 78.0 Å². The van der Waals surface area contributed by atoms with E-state index < -0.39 is 0 Å². The van der Waals surface area contributed by atoms with Gasteiger partial charge in [-0.3, -0.25) is 4.79 Å². The number of aryl methyl sites for hydroxylation is 1. The molecular formula is C17H22ClN3O2. The van der Waals surface area contributed by atoms with Gasteiger partial charge in [-0.05, 0) is 43.9 Å². The monoisotopic (exact) mass is 335 g/mol. The first-order valence-electron chi connectivity index (χ1n) is 8.22. The molecule has 3 rings (SSSR count). The molecule has 0 aliphatic heterocycles. The Morgan fingerprint density at radius 2 is 2.30 bits per heavy atom. The zero-order valence-corrected chi connectivity index (χ0v) is 13.8. The minimum absolute atomic E-state index is 0.0351. The summed E-state index contributed by atoms with van der Waals surface area (Å²) in [5, 5.41) is 13.3. The summed E-state index contributed by atoms with van der Waals surface area (Å²) >= 11 is 5.96. The van der Waals surface area contributed by atoms with Crippen LogP contribution < -0.4 is 5.32 Å². The number of aliphatic hydroxyl groups is 1. The van der Waals surface area contributed by atoms with Crippen molar-refractivity contribution in [1.82, 2.24) is 15.3 Å². The standard InChI is InChI=1S/C17H22ClN3O2/c18-12-6-7-14-15(10-12)21-16(20-14)5-2-8-19-17(23)11-3-1-4-13(22)9-11/h6-7,10-11,13,22H,1-5,8-9H2,(H,19,23)(H,20,21)/t11-,13-/m0/s1. The number of hydrogen-bond donors (Lipinski definition) is 3. The van der Waals surface area contributed by atoms with Crippen molar-refractivity contribution in [3.05, 3.63) is 29.0 Å². The predicted octanol–water partition coefficient (Wildman–Crippen LogP) is 2.82. The molecular weight excluding hydrogens is 314 g/mol. The highest BCUT2D eigenvalue weighted by atomic mass is 35.5. The van der Waals surface area contributed by atoms with Crippen LogP contribution in [0.4, 0.5) is 0 Å². The largest absolute Gasteiger partial charge is 0.393 e. The number of nitrogens with one attached hydrogen (secondary N) is 2. The summed E-state index contributed by atoms with van der Waals surface area (Å²) in [6.07, 6.45) is 4.51. The number of carbonyl (C=O) groups excluding carboxylic acids is 1. The molecule has 0 unspecified atom stereocenters. The van der Waals surface area contributed by atoms with Crippen LogP contribution in [-0.2, 0) is 11.2 Å². The summed E-state index contributed by atoms with van der Waals surface area (Å²) in [5.41, 5.74) is 1.84. The van der Waals surface area contributed by atoms with Crippen LogP contribution in [0.5, 0.6) is 0 Å². The summed E-state index contributed by atoms with van der Waals surface area (Å²) in [6, 6.07) is 5.59. The lowest BCUT2D eigenvalue weighted by molar-refractivity contribution is -0.127. The Kier molecular flexibility index (Phi) is 5.18. The first-order chi connectivity index (χ1) is 11.1. The molecule has 3 N–H and O–H groups in total. The molecule has 1 heterocycles. The molecule has 23 heavy (non-hydrogen) atoms. The number of nitrogens with zero attached hydrogens (tertiary/aromatic N) is 1. The van der Waals surface area contributed by atoms with Crippen molar-refractivity contribution in [3.8, 4) is 0 Å². The highest BCUT2D eigenvalue weighted by Gasteiger charge is 2.25. The number of rotatable bonds is 5. The van der Waals surface area contributed by atoms with Crippen LogP contribution in [0.3, 0.4) is 0 Å². The molecule has 1 aromatic heterocycles. The third kappa shape index (κ3) is 4.24. The molecule has 5 nitrogen and oxygen atoms in total. The minimum atomic E-state index is -0.318. The Hall–Kier alpha value is -1.59. The summed E-state index contributed by atoms with van der Waals surface area (Å²) in [6.45, 7) is 0.628. The quantitative estimate of drug-likeness (QED) is 0.735. The smallest absolute Gasteiger partial charge is 0.223 e. The number of carbonyl (C=O) groups is 1. The molecule has 1 saturated carbocycles. The number of aromatic nitrogens is 2. The van der Waals surface area contributed by atoms with Gasteiger partial charge in [0.25, 0.3) is 0 Å². The predicted molar refractivity (Wildman–Crippen MR) is 90.4 cm³/mol. The van der Waals surface area contributed by atoms with E-state index in [2.05, 4.69) is 15.3 Å². The van der Waals surface area contributed by atoms with Crippen LogP contribution in [0.2, 0.25) is 5.02 Å². The van der Waals surface area contributed by atoms with Gasteiger partial charge < -0.3 is 15.4 Å². The molecule has 1 fully saturated rings. The molecule has 0 radical (unpaired) electrons. The van der Waals surface area contributed by atoms with E-state index in [1.165, 1.54) is 0 Å². The van der Waals surface area contributed by atoms with Crippen molar-refractivity contribution in [2.75, 3.05) is 6.54 Å². The number of imidazole rings is 1.